The quantitative estimate of drug-likeness (QED) is 0.631. The Balaban J connectivity index is 1.98. The Morgan fingerprint density at radius 3 is 2.50 bits per heavy atom. The van der Waals surface area contributed by atoms with Crippen LogP contribution < -0.4 is 5.32 Å². The lowest BCUT2D eigenvalue weighted by Gasteiger charge is -2.17. The van der Waals surface area contributed by atoms with Gasteiger partial charge in [-0.05, 0) is 43.2 Å². The van der Waals surface area contributed by atoms with Crippen molar-refractivity contribution in [3.8, 4) is 0 Å². The number of anilines is 1. The lowest BCUT2D eigenvalue weighted by Crippen LogP contribution is -2.38. The first-order chi connectivity index (χ1) is 12.5. The Morgan fingerprint density at radius 1 is 1.12 bits per heavy atom. The van der Waals surface area contributed by atoms with Gasteiger partial charge in [-0.2, -0.15) is 0 Å². The first kappa shape index (κ1) is 19.1. The van der Waals surface area contributed by atoms with E-state index in [0.29, 0.717) is 13.0 Å². The fraction of sp³-hybridized carbons (Fsp3) is 0.263. The third kappa shape index (κ3) is 5.14. The number of carbonyl (C=O) groups excluding carboxylic acids is 3. The maximum atomic E-state index is 12.3. The number of benzene rings is 1. The number of esters is 1. The molecule has 2 rings (SSSR count). The van der Waals surface area contributed by atoms with E-state index in [2.05, 4.69) is 10.3 Å². The Bertz CT molecular complexity index is 777. The highest BCUT2D eigenvalue weighted by atomic mass is 16.5. The highest BCUT2D eigenvalue weighted by Gasteiger charge is 2.21. The van der Waals surface area contributed by atoms with Gasteiger partial charge in [-0.15, -0.1) is 0 Å². The molecule has 1 heterocycles. The summed E-state index contributed by atoms with van der Waals surface area (Å²) in [5.74, 6) is -2.04. The molecule has 0 aliphatic heterocycles. The van der Waals surface area contributed by atoms with Gasteiger partial charge in [0, 0.05) is 26.0 Å². The topological polar surface area (TPSA) is 88.6 Å². The summed E-state index contributed by atoms with van der Waals surface area (Å²) in [6.07, 6.45) is 3.96. The fourth-order valence-electron chi connectivity index (χ4n) is 2.28. The maximum Gasteiger partial charge on any atom is 0.340 e. The second-order valence-corrected chi connectivity index (χ2v) is 5.55. The number of aromatic nitrogens is 1. The van der Waals surface area contributed by atoms with Crippen molar-refractivity contribution in [3.63, 3.8) is 0 Å². The van der Waals surface area contributed by atoms with Gasteiger partial charge in [-0.3, -0.25) is 14.6 Å². The Hall–Kier alpha value is -3.22. The second kappa shape index (κ2) is 9.31. The Morgan fingerprint density at radius 2 is 1.81 bits per heavy atom. The average molecular weight is 355 g/mol. The number of carbonyl (C=O) groups is 3. The number of para-hydroxylation sites is 1. The van der Waals surface area contributed by atoms with Crippen LogP contribution in [0.2, 0.25) is 0 Å². The normalized spacial score (nSPS) is 10.1. The van der Waals surface area contributed by atoms with Crippen LogP contribution in [0.5, 0.6) is 0 Å². The number of ether oxygens (including phenoxy) is 1. The predicted octanol–water partition coefficient (Wildman–Crippen LogP) is 1.90. The van der Waals surface area contributed by atoms with Gasteiger partial charge >= 0.3 is 17.8 Å². The molecule has 1 N–H and O–H groups in total. The van der Waals surface area contributed by atoms with Gasteiger partial charge in [-0.25, -0.2) is 4.79 Å². The first-order valence-electron chi connectivity index (χ1n) is 8.24. The monoisotopic (exact) mass is 355 g/mol. The van der Waals surface area contributed by atoms with Crippen LogP contribution in [0.3, 0.4) is 0 Å². The summed E-state index contributed by atoms with van der Waals surface area (Å²) in [7, 11) is 1.56. The molecule has 0 spiro atoms. The lowest BCUT2D eigenvalue weighted by molar-refractivity contribution is -0.142. The van der Waals surface area contributed by atoms with Crippen molar-refractivity contribution in [2.75, 3.05) is 25.5 Å². The smallest absolute Gasteiger partial charge is 0.340 e. The fourth-order valence-corrected chi connectivity index (χ4v) is 2.28. The summed E-state index contributed by atoms with van der Waals surface area (Å²) in [6, 6.07) is 10.1. The van der Waals surface area contributed by atoms with Gasteiger partial charge in [0.15, 0.2) is 0 Å². The zero-order chi connectivity index (χ0) is 18.9. The molecule has 0 fully saturated rings. The van der Waals surface area contributed by atoms with E-state index < -0.39 is 17.8 Å². The Kier molecular flexibility index (Phi) is 6.84. The molecule has 0 saturated heterocycles. The van der Waals surface area contributed by atoms with E-state index >= 15 is 0 Å². The number of hydrogen-bond acceptors (Lipinski definition) is 5. The molecule has 136 valence electrons. The van der Waals surface area contributed by atoms with Gasteiger partial charge in [-0.1, -0.05) is 12.1 Å². The third-order valence-corrected chi connectivity index (χ3v) is 3.70. The van der Waals surface area contributed by atoms with E-state index in [1.165, 1.54) is 11.0 Å². The summed E-state index contributed by atoms with van der Waals surface area (Å²) in [5.41, 5.74) is 1.47. The highest BCUT2D eigenvalue weighted by molar-refractivity contribution is 6.39. The van der Waals surface area contributed by atoms with Crippen LogP contribution in [-0.4, -0.2) is 47.9 Å². The zero-order valence-corrected chi connectivity index (χ0v) is 14.8. The molecule has 0 bridgehead atoms. The standard InChI is InChI=1S/C19H21N3O4/c1-3-26-19(25)15-6-4-5-7-16(15)21-17(23)18(24)22(2)13-10-14-8-11-20-12-9-14/h4-9,11-12H,3,10,13H2,1-2H3,(H,21,23). The molecule has 0 saturated carbocycles. The summed E-state index contributed by atoms with van der Waals surface area (Å²) in [6.45, 7) is 2.30. The van der Waals surface area contributed by atoms with Crippen molar-refractivity contribution in [1.82, 2.24) is 9.88 Å². The molecule has 0 radical (unpaired) electrons. The van der Waals surface area contributed by atoms with E-state index in [-0.39, 0.29) is 17.9 Å². The second-order valence-electron chi connectivity index (χ2n) is 5.55. The molecule has 0 unspecified atom stereocenters. The molecule has 26 heavy (non-hydrogen) atoms. The van der Waals surface area contributed by atoms with Gasteiger partial charge < -0.3 is 15.0 Å². The zero-order valence-electron chi connectivity index (χ0n) is 14.8. The summed E-state index contributed by atoms with van der Waals surface area (Å²) in [4.78, 5) is 41.7. The van der Waals surface area contributed by atoms with Gasteiger partial charge in [0.1, 0.15) is 0 Å². The van der Waals surface area contributed by atoms with Crippen LogP contribution in [-0.2, 0) is 20.7 Å². The van der Waals surface area contributed by atoms with E-state index in [1.807, 2.05) is 12.1 Å². The van der Waals surface area contributed by atoms with E-state index in [4.69, 9.17) is 4.74 Å². The van der Waals surface area contributed by atoms with Crippen molar-refractivity contribution in [2.45, 2.75) is 13.3 Å². The lowest BCUT2D eigenvalue weighted by atomic mass is 10.1. The van der Waals surface area contributed by atoms with Crippen molar-refractivity contribution in [1.29, 1.82) is 0 Å². The Labute approximate surface area is 152 Å². The van der Waals surface area contributed by atoms with Gasteiger partial charge in [0.2, 0.25) is 0 Å². The predicted molar refractivity (Wildman–Crippen MR) is 96.6 cm³/mol. The molecule has 2 aromatic rings. The minimum atomic E-state index is -0.807. The number of nitrogens with zero attached hydrogens (tertiary/aromatic N) is 2. The van der Waals surface area contributed by atoms with Gasteiger partial charge in [0.05, 0.1) is 17.9 Å². The molecular weight excluding hydrogens is 334 g/mol. The molecule has 2 amide bonds. The summed E-state index contributed by atoms with van der Waals surface area (Å²) in [5, 5.41) is 2.49. The molecule has 0 aliphatic carbocycles. The van der Waals surface area contributed by atoms with Crippen LogP contribution in [0, 0.1) is 0 Å². The van der Waals surface area contributed by atoms with Crippen molar-refractivity contribution >= 4 is 23.5 Å². The maximum absolute atomic E-state index is 12.3. The molecule has 0 atom stereocenters. The van der Waals surface area contributed by atoms with Crippen molar-refractivity contribution < 1.29 is 19.1 Å². The van der Waals surface area contributed by atoms with Crippen LogP contribution in [0.15, 0.2) is 48.8 Å². The largest absolute Gasteiger partial charge is 0.462 e. The highest BCUT2D eigenvalue weighted by Crippen LogP contribution is 2.16. The molecular formula is C19H21N3O4. The van der Waals surface area contributed by atoms with Crippen LogP contribution in [0.4, 0.5) is 5.69 Å². The van der Waals surface area contributed by atoms with Crippen molar-refractivity contribution in [3.05, 3.63) is 59.9 Å². The number of amides is 2. The third-order valence-electron chi connectivity index (χ3n) is 3.70. The van der Waals surface area contributed by atoms with Gasteiger partial charge in [0.25, 0.3) is 0 Å². The number of likely N-dealkylation sites (N-methyl/N-ethyl adjacent to an activating group) is 1. The summed E-state index contributed by atoms with van der Waals surface area (Å²) >= 11 is 0. The average Bonchev–Trinajstić information content (AvgIpc) is 2.66. The number of pyridine rings is 1. The number of nitrogens with one attached hydrogen (secondary N) is 1. The number of hydrogen-bond donors (Lipinski definition) is 1. The minimum Gasteiger partial charge on any atom is -0.462 e. The SMILES string of the molecule is CCOC(=O)c1ccccc1NC(=O)C(=O)N(C)CCc1ccncc1. The minimum absolute atomic E-state index is 0.204. The summed E-state index contributed by atoms with van der Waals surface area (Å²) < 4.78 is 4.95. The first-order valence-corrected chi connectivity index (χ1v) is 8.24. The molecule has 1 aromatic carbocycles. The number of rotatable bonds is 6. The van der Waals surface area contributed by atoms with E-state index in [0.717, 1.165) is 5.56 Å². The molecule has 0 aliphatic rings. The van der Waals surface area contributed by atoms with E-state index in [1.54, 1.807) is 44.6 Å². The van der Waals surface area contributed by atoms with Crippen LogP contribution in [0.25, 0.3) is 0 Å². The van der Waals surface area contributed by atoms with Crippen LogP contribution >= 0.6 is 0 Å². The molecule has 7 nitrogen and oxygen atoms in total. The van der Waals surface area contributed by atoms with Crippen molar-refractivity contribution in [2.24, 2.45) is 0 Å². The van der Waals surface area contributed by atoms with E-state index in [9.17, 15) is 14.4 Å². The molecule has 1 aromatic heterocycles. The van der Waals surface area contributed by atoms with Crippen LogP contribution in [0.1, 0.15) is 22.8 Å². The molecule has 7 heteroatoms.